The van der Waals surface area contributed by atoms with Gasteiger partial charge in [-0.15, -0.1) is 18.9 Å². The van der Waals surface area contributed by atoms with Crippen LogP contribution in [0.4, 0.5) is 17.6 Å². The highest BCUT2D eigenvalue weighted by Gasteiger charge is 2.32. The number of allylic oxidation sites excluding steroid dienone is 1. The maximum Gasteiger partial charge on any atom is 0.573 e. The molecule has 1 aliphatic rings. The molecule has 0 aliphatic carbocycles. The first-order valence-corrected chi connectivity index (χ1v) is 11.4. The maximum absolute atomic E-state index is 13.9. The van der Waals surface area contributed by atoms with Crippen molar-refractivity contribution in [2.24, 2.45) is 0 Å². The van der Waals surface area contributed by atoms with Crippen molar-refractivity contribution in [2.75, 3.05) is 0 Å². The smallest absolute Gasteiger partial charge is 0.403 e. The lowest BCUT2D eigenvalue weighted by molar-refractivity contribution is -0.275. The Morgan fingerprint density at radius 1 is 1.00 bits per heavy atom. The Hall–Kier alpha value is -2.08. The van der Waals surface area contributed by atoms with Crippen LogP contribution in [0.3, 0.4) is 0 Å². The zero-order chi connectivity index (χ0) is 19.4. The zero-order valence-electron chi connectivity index (χ0n) is 15.1. The van der Waals surface area contributed by atoms with Gasteiger partial charge in [-0.1, -0.05) is 48.5 Å². The molecule has 3 rings (SSSR count). The number of hydrogen-bond acceptors (Lipinski definition) is 1. The largest absolute Gasteiger partial charge is 0.573 e. The van der Waals surface area contributed by atoms with E-state index in [9.17, 15) is 17.6 Å². The molecule has 144 valence electrons. The van der Waals surface area contributed by atoms with Crippen LogP contribution in [0.1, 0.15) is 31.2 Å². The van der Waals surface area contributed by atoms with Gasteiger partial charge in [-0.05, 0) is 54.5 Å². The SMILES string of the molecule is C/C=C\[SiH]1CCC(c2ccc(-c3ccc(OC(F)(F)F)c(F)c3)cc2)CC1. The summed E-state index contributed by atoms with van der Waals surface area (Å²) in [6, 6.07) is 14.1. The van der Waals surface area contributed by atoms with E-state index in [1.165, 1.54) is 36.6 Å². The van der Waals surface area contributed by atoms with Crippen LogP contribution in [-0.2, 0) is 0 Å². The van der Waals surface area contributed by atoms with E-state index < -0.39 is 26.7 Å². The topological polar surface area (TPSA) is 9.23 Å². The monoisotopic (exact) mass is 394 g/mol. The Kier molecular flexibility index (Phi) is 6.04. The Morgan fingerprint density at radius 2 is 1.63 bits per heavy atom. The molecule has 0 radical (unpaired) electrons. The van der Waals surface area contributed by atoms with Gasteiger partial charge in [0.2, 0.25) is 0 Å². The highest BCUT2D eigenvalue weighted by Crippen LogP contribution is 2.35. The second-order valence-electron chi connectivity index (χ2n) is 6.95. The first-order chi connectivity index (χ1) is 12.9. The van der Waals surface area contributed by atoms with Gasteiger partial charge in [0.05, 0.1) is 8.80 Å². The molecule has 0 amide bonds. The van der Waals surface area contributed by atoms with Crippen LogP contribution in [0.2, 0.25) is 12.1 Å². The Balaban J connectivity index is 1.70. The van der Waals surface area contributed by atoms with Crippen molar-refractivity contribution in [1.29, 1.82) is 0 Å². The van der Waals surface area contributed by atoms with E-state index in [4.69, 9.17) is 0 Å². The third-order valence-electron chi connectivity index (χ3n) is 5.11. The number of alkyl halides is 3. The summed E-state index contributed by atoms with van der Waals surface area (Å²) in [7, 11) is -0.688. The average Bonchev–Trinajstić information content (AvgIpc) is 2.63. The Bertz CT molecular complexity index is 791. The summed E-state index contributed by atoms with van der Waals surface area (Å²) in [6.07, 6.45) is -0.313. The van der Waals surface area contributed by atoms with Crippen LogP contribution in [0.5, 0.6) is 5.75 Å². The Labute approximate surface area is 158 Å². The predicted molar refractivity (Wildman–Crippen MR) is 102 cm³/mol. The fraction of sp³-hybridized carbons (Fsp3) is 0.333. The molecule has 6 heteroatoms. The van der Waals surface area contributed by atoms with Crippen LogP contribution in [0, 0.1) is 5.82 Å². The lowest BCUT2D eigenvalue weighted by Crippen LogP contribution is -2.18. The molecule has 0 atom stereocenters. The van der Waals surface area contributed by atoms with Gasteiger partial charge in [0.25, 0.3) is 0 Å². The van der Waals surface area contributed by atoms with Gasteiger partial charge in [-0.3, -0.25) is 0 Å². The summed E-state index contributed by atoms with van der Waals surface area (Å²) >= 11 is 0. The number of ether oxygens (including phenoxy) is 1. The van der Waals surface area contributed by atoms with Crippen LogP contribution in [0.15, 0.2) is 54.2 Å². The number of rotatable bonds is 4. The molecule has 27 heavy (non-hydrogen) atoms. The summed E-state index contributed by atoms with van der Waals surface area (Å²) in [4.78, 5) is 0. The molecule has 0 spiro atoms. The maximum atomic E-state index is 13.9. The van der Waals surface area contributed by atoms with Crippen LogP contribution in [0.25, 0.3) is 11.1 Å². The van der Waals surface area contributed by atoms with Crippen molar-refractivity contribution in [3.05, 3.63) is 65.6 Å². The fourth-order valence-electron chi connectivity index (χ4n) is 3.75. The minimum atomic E-state index is -4.90. The average molecular weight is 394 g/mol. The molecule has 1 saturated heterocycles. The van der Waals surface area contributed by atoms with E-state index >= 15 is 0 Å². The standard InChI is InChI=1S/C21H22F4OSi/c1-2-11-27-12-9-17(10-13-27)15-3-5-16(6-4-15)18-7-8-20(19(22)14-18)26-21(23,24)25/h2-8,11,14,17,27H,9-10,12-13H2,1H3/b11-2-. The molecule has 0 saturated carbocycles. The normalized spacial score (nSPS) is 20.8. The van der Waals surface area contributed by atoms with Gasteiger partial charge in [0.1, 0.15) is 0 Å². The third-order valence-corrected chi connectivity index (χ3v) is 8.19. The molecule has 2 aromatic carbocycles. The first-order valence-electron chi connectivity index (χ1n) is 9.14. The molecule has 0 bridgehead atoms. The van der Waals surface area contributed by atoms with E-state index in [0.717, 1.165) is 17.7 Å². The summed E-state index contributed by atoms with van der Waals surface area (Å²) in [5.74, 6) is -1.28. The van der Waals surface area contributed by atoms with Crippen molar-refractivity contribution in [3.63, 3.8) is 0 Å². The molecule has 1 heterocycles. The summed E-state index contributed by atoms with van der Waals surface area (Å²) < 4.78 is 54.3. The van der Waals surface area contributed by atoms with E-state index in [-0.39, 0.29) is 0 Å². The molecule has 1 aliphatic heterocycles. The molecule has 0 unspecified atom stereocenters. The Morgan fingerprint density at radius 3 is 2.19 bits per heavy atom. The third kappa shape index (κ3) is 5.22. The van der Waals surface area contributed by atoms with Crippen LogP contribution < -0.4 is 4.74 Å². The number of benzene rings is 2. The minimum Gasteiger partial charge on any atom is -0.403 e. The lowest BCUT2D eigenvalue weighted by Gasteiger charge is -2.26. The lowest BCUT2D eigenvalue weighted by atomic mass is 9.92. The molecule has 1 fully saturated rings. The predicted octanol–water partition coefficient (Wildman–Crippen LogP) is 6.61. The van der Waals surface area contributed by atoms with Crippen LogP contribution >= 0.6 is 0 Å². The van der Waals surface area contributed by atoms with Gasteiger partial charge >= 0.3 is 6.36 Å². The van der Waals surface area contributed by atoms with E-state index in [2.05, 4.69) is 35.6 Å². The van der Waals surface area contributed by atoms with Crippen LogP contribution in [-0.4, -0.2) is 15.2 Å². The summed E-state index contributed by atoms with van der Waals surface area (Å²) in [6.45, 7) is 2.09. The number of halogens is 4. The first kappa shape index (κ1) is 19.7. The van der Waals surface area contributed by atoms with Crippen molar-refractivity contribution >= 4 is 8.80 Å². The van der Waals surface area contributed by atoms with Gasteiger partial charge in [-0.25, -0.2) is 4.39 Å². The minimum absolute atomic E-state index is 0.526. The molecule has 2 aromatic rings. The molecule has 1 nitrogen and oxygen atoms in total. The highest BCUT2D eigenvalue weighted by atomic mass is 28.3. The summed E-state index contributed by atoms with van der Waals surface area (Å²) in [5.41, 5.74) is 5.00. The molecule has 0 N–H and O–H groups in total. The molecule has 0 aromatic heterocycles. The van der Waals surface area contributed by atoms with Gasteiger partial charge in [-0.2, -0.15) is 0 Å². The van der Waals surface area contributed by atoms with E-state index in [1.807, 2.05) is 12.1 Å². The van der Waals surface area contributed by atoms with Gasteiger partial charge < -0.3 is 4.74 Å². The van der Waals surface area contributed by atoms with Crippen molar-refractivity contribution < 1.29 is 22.3 Å². The second-order valence-corrected chi connectivity index (χ2v) is 10.0. The van der Waals surface area contributed by atoms with Gasteiger partial charge in [0, 0.05) is 0 Å². The quantitative estimate of drug-likeness (QED) is 0.419. The number of hydrogen-bond donors (Lipinski definition) is 0. The highest BCUT2D eigenvalue weighted by molar-refractivity contribution is 6.64. The van der Waals surface area contributed by atoms with E-state index in [0.29, 0.717) is 11.5 Å². The fourth-order valence-corrected chi connectivity index (χ4v) is 6.63. The zero-order valence-corrected chi connectivity index (χ0v) is 16.3. The van der Waals surface area contributed by atoms with E-state index in [1.54, 1.807) is 0 Å². The van der Waals surface area contributed by atoms with Crippen molar-refractivity contribution in [2.45, 2.75) is 44.1 Å². The molecular formula is C21H22F4OSi. The van der Waals surface area contributed by atoms with Crippen molar-refractivity contribution in [3.8, 4) is 16.9 Å². The van der Waals surface area contributed by atoms with Gasteiger partial charge in [0.15, 0.2) is 11.6 Å². The second kappa shape index (κ2) is 8.29. The van der Waals surface area contributed by atoms with Crippen molar-refractivity contribution in [1.82, 2.24) is 0 Å². The summed E-state index contributed by atoms with van der Waals surface area (Å²) in [5, 5.41) is 0. The molecular weight excluding hydrogens is 372 g/mol.